The first kappa shape index (κ1) is 20.1. The highest BCUT2D eigenvalue weighted by Gasteiger charge is 2.39. The topological polar surface area (TPSA) is 61.8 Å². The molecule has 27 heavy (non-hydrogen) atoms. The minimum absolute atomic E-state index is 0.0969. The van der Waals surface area contributed by atoms with Gasteiger partial charge in [0.25, 0.3) is 0 Å². The molecular weight excluding hydrogens is 432 g/mol. The van der Waals surface area contributed by atoms with E-state index in [1.54, 1.807) is 31.2 Å². The molecule has 5 nitrogen and oxygen atoms in total. The van der Waals surface area contributed by atoms with Gasteiger partial charge in [-0.15, -0.1) is 0 Å². The normalized spacial score (nSPS) is 23.0. The predicted molar refractivity (Wildman–Crippen MR) is 110 cm³/mol. The maximum absolute atomic E-state index is 12.4. The maximum Gasteiger partial charge on any atom is 0.238 e. The molecule has 3 rings (SSSR count). The summed E-state index contributed by atoms with van der Waals surface area (Å²) in [5.41, 5.74) is -0.222. The second-order valence-electron chi connectivity index (χ2n) is 6.96. The zero-order valence-electron chi connectivity index (χ0n) is 15.0. The van der Waals surface area contributed by atoms with Crippen LogP contribution in [-0.2, 0) is 4.79 Å². The molecule has 1 amide bonds. The lowest BCUT2D eigenvalue weighted by Gasteiger charge is -2.42. The fourth-order valence-corrected chi connectivity index (χ4v) is 3.46. The Kier molecular flexibility index (Phi) is 6.42. The molecule has 0 unspecified atom stereocenters. The first-order valence-electron chi connectivity index (χ1n) is 8.74. The van der Waals surface area contributed by atoms with E-state index in [0.717, 1.165) is 10.2 Å². The summed E-state index contributed by atoms with van der Waals surface area (Å²) in [4.78, 5) is 14.3. The number of ether oxygens (including phenoxy) is 1. The summed E-state index contributed by atoms with van der Waals surface area (Å²) < 4.78 is 6.94. The second kappa shape index (κ2) is 8.61. The van der Waals surface area contributed by atoms with Crippen LogP contribution in [0.1, 0.15) is 13.3 Å². The van der Waals surface area contributed by atoms with E-state index in [-0.39, 0.29) is 12.5 Å². The van der Waals surface area contributed by atoms with Crippen molar-refractivity contribution in [2.24, 2.45) is 0 Å². The summed E-state index contributed by atoms with van der Waals surface area (Å²) in [6.45, 7) is 3.08. The van der Waals surface area contributed by atoms with E-state index in [1.165, 1.54) is 0 Å². The highest BCUT2D eigenvalue weighted by molar-refractivity contribution is 9.10. The number of nitrogens with zero attached hydrogens (tertiary/aromatic N) is 1. The SMILES string of the molecule is C[C@]1(O)CCN(CC(=O)Nc2ccc(Br)cc2)C[C@@H]1Oc1cccc(Cl)c1. The van der Waals surface area contributed by atoms with Crippen molar-refractivity contribution in [1.82, 2.24) is 4.90 Å². The van der Waals surface area contributed by atoms with E-state index in [2.05, 4.69) is 21.2 Å². The minimum Gasteiger partial charge on any atom is -0.486 e. The fraction of sp³-hybridized carbons (Fsp3) is 0.350. The van der Waals surface area contributed by atoms with Crippen LogP contribution < -0.4 is 10.1 Å². The molecule has 144 valence electrons. The molecular formula is C20H22BrClN2O3. The third kappa shape index (κ3) is 5.69. The number of rotatable bonds is 5. The molecule has 0 aromatic heterocycles. The monoisotopic (exact) mass is 452 g/mol. The number of piperidine rings is 1. The molecule has 1 saturated heterocycles. The minimum atomic E-state index is -0.971. The van der Waals surface area contributed by atoms with Crippen LogP contribution in [0.2, 0.25) is 5.02 Å². The van der Waals surface area contributed by atoms with Gasteiger partial charge in [0.05, 0.1) is 6.54 Å². The number of carbonyl (C=O) groups excluding carboxylic acids is 1. The van der Waals surface area contributed by atoms with Gasteiger partial charge in [-0.1, -0.05) is 33.6 Å². The standard InChI is InChI=1S/C20H22BrClN2O3/c1-20(26)9-10-24(12-18(20)27-17-4-2-3-15(22)11-17)13-19(25)23-16-7-5-14(21)6-8-16/h2-8,11,18,26H,9-10,12-13H2,1H3,(H,23,25)/t18-,20-/m0/s1. The van der Waals surface area contributed by atoms with Gasteiger partial charge in [0.2, 0.25) is 5.91 Å². The van der Waals surface area contributed by atoms with Crippen LogP contribution in [0.3, 0.4) is 0 Å². The van der Waals surface area contributed by atoms with Crippen LogP contribution in [0.15, 0.2) is 53.0 Å². The van der Waals surface area contributed by atoms with Crippen LogP contribution in [0, 0.1) is 0 Å². The van der Waals surface area contributed by atoms with Crippen molar-refractivity contribution >= 4 is 39.1 Å². The number of amides is 1. The van der Waals surface area contributed by atoms with Gasteiger partial charge in [-0.2, -0.15) is 0 Å². The summed E-state index contributed by atoms with van der Waals surface area (Å²) >= 11 is 9.38. The van der Waals surface area contributed by atoms with Crippen molar-refractivity contribution in [3.8, 4) is 5.75 Å². The van der Waals surface area contributed by atoms with Crippen LogP contribution in [0.25, 0.3) is 0 Å². The number of anilines is 1. The molecule has 0 radical (unpaired) electrons. The average molecular weight is 454 g/mol. The van der Waals surface area contributed by atoms with E-state index >= 15 is 0 Å². The molecule has 2 aromatic carbocycles. The molecule has 0 spiro atoms. The number of benzene rings is 2. The van der Waals surface area contributed by atoms with Gasteiger partial charge in [0, 0.05) is 28.3 Å². The largest absolute Gasteiger partial charge is 0.486 e. The Bertz CT molecular complexity index is 798. The molecule has 2 atom stereocenters. The molecule has 0 bridgehead atoms. The maximum atomic E-state index is 12.4. The summed E-state index contributed by atoms with van der Waals surface area (Å²) in [5.74, 6) is 0.509. The van der Waals surface area contributed by atoms with Crippen molar-refractivity contribution < 1.29 is 14.6 Å². The number of hydrogen-bond acceptors (Lipinski definition) is 4. The predicted octanol–water partition coefficient (Wildman–Crippen LogP) is 3.95. The van der Waals surface area contributed by atoms with Crippen molar-refractivity contribution in [1.29, 1.82) is 0 Å². The molecule has 0 saturated carbocycles. The van der Waals surface area contributed by atoms with Crippen LogP contribution in [-0.4, -0.2) is 47.3 Å². The molecule has 1 aliphatic heterocycles. The van der Waals surface area contributed by atoms with Crippen molar-refractivity contribution in [3.63, 3.8) is 0 Å². The van der Waals surface area contributed by atoms with E-state index < -0.39 is 11.7 Å². The number of halogens is 2. The Hall–Kier alpha value is -1.60. The van der Waals surface area contributed by atoms with Gasteiger partial charge in [-0.3, -0.25) is 9.69 Å². The lowest BCUT2D eigenvalue weighted by Crippen LogP contribution is -2.57. The highest BCUT2D eigenvalue weighted by atomic mass is 79.9. The number of likely N-dealkylation sites (tertiary alicyclic amines) is 1. The van der Waals surface area contributed by atoms with Crippen LogP contribution in [0.5, 0.6) is 5.75 Å². The number of aliphatic hydroxyl groups is 1. The van der Waals surface area contributed by atoms with Gasteiger partial charge in [0.1, 0.15) is 17.5 Å². The average Bonchev–Trinajstić information content (AvgIpc) is 2.60. The van der Waals surface area contributed by atoms with Crippen LogP contribution >= 0.6 is 27.5 Å². The molecule has 1 aliphatic rings. The van der Waals surface area contributed by atoms with E-state index in [4.69, 9.17) is 16.3 Å². The molecule has 7 heteroatoms. The Morgan fingerprint density at radius 2 is 2.11 bits per heavy atom. The molecule has 2 aromatic rings. The smallest absolute Gasteiger partial charge is 0.238 e. The van der Waals surface area contributed by atoms with E-state index in [1.807, 2.05) is 29.2 Å². The molecule has 2 N–H and O–H groups in total. The van der Waals surface area contributed by atoms with Crippen molar-refractivity contribution in [3.05, 3.63) is 58.0 Å². The quantitative estimate of drug-likeness (QED) is 0.720. The first-order valence-corrected chi connectivity index (χ1v) is 9.91. The van der Waals surface area contributed by atoms with Gasteiger partial charge in [0.15, 0.2) is 0 Å². The molecule has 0 aliphatic carbocycles. The third-order valence-corrected chi connectivity index (χ3v) is 5.39. The van der Waals surface area contributed by atoms with Gasteiger partial charge in [-0.05, 0) is 55.8 Å². The highest BCUT2D eigenvalue weighted by Crippen LogP contribution is 2.28. The Morgan fingerprint density at radius 3 is 2.81 bits per heavy atom. The van der Waals surface area contributed by atoms with Gasteiger partial charge >= 0.3 is 0 Å². The zero-order valence-corrected chi connectivity index (χ0v) is 17.3. The summed E-state index contributed by atoms with van der Waals surface area (Å²) in [6, 6.07) is 14.5. The van der Waals surface area contributed by atoms with Crippen molar-refractivity contribution in [2.45, 2.75) is 25.0 Å². The summed E-state index contributed by atoms with van der Waals surface area (Å²) in [5, 5.41) is 14.2. The molecule has 1 heterocycles. The summed E-state index contributed by atoms with van der Waals surface area (Å²) in [6.07, 6.45) is 0.0641. The number of nitrogens with one attached hydrogen (secondary N) is 1. The number of hydrogen-bond donors (Lipinski definition) is 2. The van der Waals surface area contributed by atoms with Crippen molar-refractivity contribution in [2.75, 3.05) is 25.0 Å². The summed E-state index contributed by atoms with van der Waals surface area (Å²) in [7, 11) is 0. The second-order valence-corrected chi connectivity index (χ2v) is 8.31. The first-order chi connectivity index (χ1) is 12.8. The number of carbonyl (C=O) groups is 1. The third-order valence-electron chi connectivity index (χ3n) is 4.62. The van der Waals surface area contributed by atoms with Gasteiger partial charge < -0.3 is 15.2 Å². The van der Waals surface area contributed by atoms with E-state index in [9.17, 15) is 9.90 Å². The lowest BCUT2D eigenvalue weighted by atomic mass is 9.90. The van der Waals surface area contributed by atoms with Crippen LogP contribution in [0.4, 0.5) is 5.69 Å². The van der Waals surface area contributed by atoms with Gasteiger partial charge in [-0.25, -0.2) is 0 Å². The van der Waals surface area contributed by atoms with E-state index in [0.29, 0.717) is 30.3 Å². The zero-order chi connectivity index (χ0) is 19.4. The Balaban J connectivity index is 1.60. The fourth-order valence-electron chi connectivity index (χ4n) is 3.02. The Morgan fingerprint density at radius 1 is 1.37 bits per heavy atom. The Labute approximate surface area is 172 Å². The lowest BCUT2D eigenvalue weighted by molar-refractivity contribution is -0.122. The molecule has 1 fully saturated rings.